The van der Waals surface area contributed by atoms with Gasteiger partial charge in [-0.1, -0.05) is 46.7 Å². The zero-order valence-electron chi connectivity index (χ0n) is 36.3. The van der Waals surface area contributed by atoms with Crippen LogP contribution in [0.3, 0.4) is 0 Å². The molecule has 2 amide bonds. The maximum atomic E-state index is 14.8. The minimum absolute atomic E-state index is 0. The third-order valence-electron chi connectivity index (χ3n) is 10.7. The van der Waals surface area contributed by atoms with Gasteiger partial charge in [-0.3, -0.25) is 33.8 Å². The van der Waals surface area contributed by atoms with Gasteiger partial charge >= 0.3 is 12.2 Å². The normalized spacial score (nSPS) is 13.0. The number of nitrogens with zero attached hydrogens (tertiary/aromatic N) is 10. The molecule has 3 aromatic carbocycles. The van der Waals surface area contributed by atoms with E-state index in [0.29, 0.717) is 65.4 Å². The van der Waals surface area contributed by atoms with Crippen LogP contribution in [-0.4, -0.2) is 99.1 Å². The first kappa shape index (κ1) is 51.5. The lowest BCUT2D eigenvalue weighted by Crippen LogP contribution is -2.24. The smallest absolute Gasteiger partial charge is 0.414 e. The van der Waals surface area contributed by atoms with E-state index in [1.807, 2.05) is 67.0 Å². The standard InChI is InChI=1S/C23H18FN7O3S.C13H11BrN2O3.C10H7BrINO.2CH4/c1-29-11-14(9-26-29)13-7-17(24)21-27-28-22(31(21)12-13)35-15-3-4-18-16(8-15)20(33-2)19(10-25-18)30-5-6-34-23(30)32;1-18-12-9-6-8(14)2-3-10(9)15-7-11(12)16-4-5-19-13(16)17;1-14-10-7-4-6(11)2-3-9(7)13-5-8(10)12;;/h3-4,7-12H,5-6H2,1-2H3;2-3,6-7H,4-5H2,1H3;2-5H,1H3;2*1H4. The summed E-state index contributed by atoms with van der Waals surface area (Å²) in [7, 11) is 6.62. The molecule has 0 bridgehead atoms. The molecule has 17 nitrogen and oxygen atoms in total. The van der Waals surface area contributed by atoms with Gasteiger partial charge in [0.05, 0.1) is 73.1 Å². The molecular weight excluding hydrogens is 1170 g/mol. The zero-order chi connectivity index (χ0) is 47.6. The number of aromatic nitrogens is 8. The molecule has 2 fully saturated rings. The lowest BCUT2D eigenvalue weighted by atomic mass is 10.1. The van der Waals surface area contributed by atoms with Gasteiger partial charge < -0.3 is 23.7 Å². The van der Waals surface area contributed by atoms with Crippen LogP contribution < -0.4 is 24.0 Å². The molecule has 0 radical (unpaired) electrons. The first-order chi connectivity index (χ1) is 32.9. The van der Waals surface area contributed by atoms with E-state index in [0.717, 1.165) is 55.9 Å². The number of fused-ring (bicyclic) bond motifs is 4. The maximum absolute atomic E-state index is 14.8. The second-order valence-electron chi connectivity index (χ2n) is 14.8. The van der Waals surface area contributed by atoms with E-state index in [-0.39, 0.29) is 26.6 Å². The molecule has 0 aliphatic carbocycles. The second kappa shape index (κ2) is 22.2. The lowest BCUT2D eigenvalue weighted by Gasteiger charge is -2.17. The maximum Gasteiger partial charge on any atom is 0.414 e. The van der Waals surface area contributed by atoms with Crippen LogP contribution in [0.2, 0.25) is 0 Å². The van der Waals surface area contributed by atoms with Crippen LogP contribution in [0.4, 0.5) is 25.4 Å². The fourth-order valence-corrected chi connectivity index (χ4v) is 9.74. The molecular formula is C48H44Br2FIN10O7S. The van der Waals surface area contributed by atoms with Crippen LogP contribution in [0.5, 0.6) is 17.2 Å². The van der Waals surface area contributed by atoms with Crippen LogP contribution in [0.1, 0.15) is 14.9 Å². The van der Waals surface area contributed by atoms with E-state index in [9.17, 15) is 14.0 Å². The summed E-state index contributed by atoms with van der Waals surface area (Å²) in [6.07, 6.45) is 9.54. The van der Waals surface area contributed by atoms with Crippen molar-refractivity contribution in [3.8, 4) is 28.4 Å². The van der Waals surface area contributed by atoms with Crippen LogP contribution in [0, 0.1) is 9.39 Å². The van der Waals surface area contributed by atoms with Crippen LogP contribution >= 0.6 is 66.2 Å². The van der Waals surface area contributed by atoms with E-state index in [1.165, 1.54) is 27.6 Å². The van der Waals surface area contributed by atoms with Crippen molar-refractivity contribution < 1.29 is 37.7 Å². The molecule has 0 unspecified atom stereocenters. The van der Waals surface area contributed by atoms with Gasteiger partial charge in [0.15, 0.2) is 23.0 Å². The number of methoxy groups -OCH3 is 3. The molecule has 0 saturated carbocycles. The first-order valence-electron chi connectivity index (χ1n) is 20.4. The van der Waals surface area contributed by atoms with Crippen LogP contribution in [0.25, 0.3) is 49.5 Å². The largest absolute Gasteiger partial charge is 0.495 e. The van der Waals surface area contributed by atoms with E-state index < -0.39 is 11.9 Å². The quantitative estimate of drug-likeness (QED) is 0.131. The van der Waals surface area contributed by atoms with Crippen molar-refractivity contribution in [3.63, 3.8) is 0 Å². The van der Waals surface area contributed by atoms with Crippen molar-refractivity contribution in [1.29, 1.82) is 0 Å². The van der Waals surface area contributed by atoms with Crippen molar-refractivity contribution >= 4 is 128 Å². The molecule has 2 aliphatic rings. The number of aryl methyl sites for hydroxylation is 1. The van der Waals surface area contributed by atoms with E-state index >= 15 is 0 Å². The van der Waals surface area contributed by atoms with Crippen molar-refractivity contribution in [2.24, 2.45) is 7.05 Å². The fourth-order valence-electron chi connectivity index (χ4n) is 7.53. The summed E-state index contributed by atoms with van der Waals surface area (Å²) in [6, 6.07) is 18.8. The van der Waals surface area contributed by atoms with Gasteiger partial charge in [-0.15, -0.1) is 10.2 Å². The Kier molecular flexibility index (Phi) is 16.3. The third-order valence-corrected chi connectivity index (χ3v) is 13.4. The summed E-state index contributed by atoms with van der Waals surface area (Å²) < 4.78 is 47.6. The zero-order valence-corrected chi connectivity index (χ0v) is 42.5. The number of pyridine rings is 4. The molecule has 362 valence electrons. The molecule has 0 atom stereocenters. The molecule has 2 aliphatic heterocycles. The lowest BCUT2D eigenvalue weighted by molar-refractivity contribution is 0.180. The first-order valence-corrected chi connectivity index (χ1v) is 23.9. The second-order valence-corrected chi connectivity index (χ2v) is 18.8. The highest BCUT2D eigenvalue weighted by Gasteiger charge is 2.29. The average molecular weight is 1210 g/mol. The van der Waals surface area contributed by atoms with Gasteiger partial charge in [-0.05, 0) is 95.0 Å². The summed E-state index contributed by atoms with van der Waals surface area (Å²) in [5, 5.41) is 15.5. The topological polar surface area (TPSA) is 173 Å². The Morgan fingerprint density at radius 1 is 0.671 bits per heavy atom. The van der Waals surface area contributed by atoms with E-state index in [4.69, 9.17) is 23.7 Å². The number of hydrogen-bond acceptors (Lipinski definition) is 14. The molecule has 9 aromatic rings. The average Bonchev–Trinajstić information content (AvgIpc) is 4.17. The van der Waals surface area contributed by atoms with Crippen LogP contribution in [0.15, 0.2) is 117 Å². The van der Waals surface area contributed by atoms with Crippen molar-refractivity contribution in [2.75, 3.05) is 57.4 Å². The highest BCUT2D eigenvalue weighted by atomic mass is 127. The van der Waals surface area contributed by atoms with E-state index in [2.05, 4.69) is 84.7 Å². The number of ether oxygens (including phenoxy) is 5. The Balaban J connectivity index is 0.000000173. The molecule has 70 heavy (non-hydrogen) atoms. The number of anilines is 2. The van der Waals surface area contributed by atoms with Crippen molar-refractivity contribution in [3.05, 3.63) is 116 Å². The molecule has 0 spiro atoms. The number of carbonyl (C=O) groups is 2. The Labute approximate surface area is 436 Å². The van der Waals surface area contributed by atoms with Gasteiger partial charge in [0.1, 0.15) is 30.3 Å². The Morgan fingerprint density at radius 2 is 1.20 bits per heavy atom. The number of cyclic esters (lactones) is 2. The summed E-state index contributed by atoms with van der Waals surface area (Å²) in [5.41, 5.74) is 5.23. The Bertz CT molecular complexity index is 3420. The highest BCUT2D eigenvalue weighted by molar-refractivity contribution is 14.1. The number of rotatable bonds is 8. The molecule has 0 N–H and O–H groups in total. The van der Waals surface area contributed by atoms with Gasteiger partial charge in [0.25, 0.3) is 0 Å². The summed E-state index contributed by atoms with van der Waals surface area (Å²) in [4.78, 5) is 40.8. The minimum Gasteiger partial charge on any atom is -0.495 e. The van der Waals surface area contributed by atoms with Gasteiger partial charge in [0.2, 0.25) is 5.16 Å². The molecule has 2 saturated heterocycles. The summed E-state index contributed by atoms with van der Waals surface area (Å²) in [5.74, 6) is 1.56. The van der Waals surface area contributed by atoms with Gasteiger partial charge in [-0.2, -0.15) is 5.10 Å². The summed E-state index contributed by atoms with van der Waals surface area (Å²) in [6.45, 7) is 1.63. The van der Waals surface area contributed by atoms with Crippen molar-refractivity contribution in [1.82, 2.24) is 39.3 Å². The predicted molar refractivity (Wildman–Crippen MR) is 283 cm³/mol. The number of hydrogen-bond donors (Lipinski definition) is 0. The summed E-state index contributed by atoms with van der Waals surface area (Å²) >= 11 is 10.4. The minimum atomic E-state index is -0.475. The number of halogens is 4. The van der Waals surface area contributed by atoms with Crippen molar-refractivity contribution in [2.45, 2.75) is 24.9 Å². The fraction of sp³-hybridized carbons (Fsp3) is 0.208. The van der Waals surface area contributed by atoms with Gasteiger partial charge in [0, 0.05) is 66.8 Å². The Hall–Kier alpha value is -6.37. The highest BCUT2D eigenvalue weighted by Crippen LogP contribution is 2.40. The predicted octanol–water partition coefficient (Wildman–Crippen LogP) is 11.8. The molecule has 22 heteroatoms. The third kappa shape index (κ3) is 10.4. The number of benzene rings is 3. The SMILES string of the molecule is C.C.COc1c(I)cnc2ccc(Br)cc12.COc1c(N2CCOC2=O)cnc2ccc(Br)cc12.COc1c(N2CCOC2=O)cnc2ccc(Sc3nnc4c(F)cc(-c5cnn(C)c5)cn34)cc12. The van der Waals surface area contributed by atoms with Crippen LogP contribution in [-0.2, 0) is 16.5 Å². The molecule has 6 aromatic heterocycles. The number of amides is 2. The number of carbonyl (C=O) groups excluding carboxylic acids is 2. The molecule has 11 rings (SSSR count). The monoisotopic (exact) mass is 1210 g/mol. The Morgan fingerprint density at radius 3 is 1.71 bits per heavy atom. The molecule has 8 heterocycles. The van der Waals surface area contributed by atoms with Gasteiger partial charge in [-0.25, -0.2) is 14.0 Å². The van der Waals surface area contributed by atoms with E-state index in [1.54, 1.807) is 62.2 Å².